The summed E-state index contributed by atoms with van der Waals surface area (Å²) < 4.78 is 10.9. The van der Waals surface area contributed by atoms with Gasteiger partial charge in [-0.3, -0.25) is 0 Å². The molecule has 0 atom stereocenters. The molecule has 0 radical (unpaired) electrons. The SMILES string of the molecule is CCOc1cc(N)c2c(C(=O)O)cc(C(=O)O)nc2c1OCC. The Balaban J connectivity index is 2.95. The van der Waals surface area contributed by atoms with Gasteiger partial charge in [-0.2, -0.15) is 0 Å². The maximum Gasteiger partial charge on any atom is 0.354 e. The van der Waals surface area contributed by atoms with Gasteiger partial charge >= 0.3 is 11.9 Å². The van der Waals surface area contributed by atoms with Crippen LogP contribution in [-0.4, -0.2) is 40.3 Å². The highest BCUT2D eigenvalue weighted by atomic mass is 16.5. The molecule has 0 aliphatic heterocycles. The normalized spacial score (nSPS) is 10.5. The maximum atomic E-state index is 11.5. The molecule has 4 N–H and O–H groups in total. The lowest BCUT2D eigenvalue weighted by Gasteiger charge is -2.16. The number of carbonyl (C=O) groups is 2. The number of nitrogens with two attached hydrogens (primary N) is 1. The number of rotatable bonds is 6. The molecule has 0 amide bonds. The number of nitrogen functional groups attached to an aromatic ring is 1. The number of carboxylic acids is 2. The Hall–Kier alpha value is -3.03. The van der Waals surface area contributed by atoms with E-state index in [0.717, 1.165) is 6.07 Å². The molecule has 0 bridgehead atoms. The first-order chi connectivity index (χ1) is 10.9. The highest BCUT2D eigenvalue weighted by Gasteiger charge is 2.23. The van der Waals surface area contributed by atoms with E-state index in [2.05, 4.69) is 4.98 Å². The van der Waals surface area contributed by atoms with Crippen LogP contribution in [0.25, 0.3) is 10.9 Å². The molecule has 0 fully saturated rings. The zero-order valence-corrected chi connectivity index (χ0v) is 12.6. The van der Waals surface area contributed by atoms with Gasteiger partial charge in [0.2, 0.25) is 0 Å². The van der Waals surface area contributed by atoms with Crippen LogP contribution in [0.2, 0.25) is 0 Å². The van der Waals surface area contributed by atoms with Crippen molar-refractivity contribution in [3.63, 3.8) is 0 Å². The summed E-state index contributed by atoms with van der Waals surface area (Å²) in [6, 6.07) is 2.42. The van der Waals surface area contributed by atoms with Crippen molar-refractivity contribution in [1.82, 2.24) is 4.98 Å². The quantitative estimate of drug-likeness (QED) is 0.688. The summed E-state index contributed by atoms with van der Waals surface area (Å²) in [6.45, 7) is 4.09. The second-order valence-corrected chi connectivity index (χ2v) is 4.55. The number of nitrogens with zero attached hydrogens (tertiary/aromatic N) is 1. The van der Waals surface area contributed by atoms with Crippen molar-refractivity contribution in [2.75, 3.05) is 18.9 Å². The number of anilines is 1. The van der Waals surface area contributed by atoms with Crippen molar-refractivity contribution < 1.29 is 29.3 Å². The second kappa shape index (κ2) is 6.39. The third kappa shape index (κ3) is 2.96. The van der Waals surface area contributed by atoms with Crippen molar-refractivity contribution in [3.05, 3.63) is 23.4 Å². The first kappa shape index (κ1) is 16.3. The molecule has 0 aliphatic rings. The Labute approximate surface area is 131 Å². The standard InChI is InChI=1S/C15H16N2O6/c1-3-22-10-6-8(16)11-7(14(18)19)5-9(15(20)21)17-12(11)13(10)23-4-2/h5-6H,3-4,16H2,1-2H3,(H,18,19)(H,20,21). The molecule has 0 saturated heterocycles. The minimum Gasteiger partial charge on any atom is -0.490 e. The summed E-state index contributed by atoms with van der Waals surface area (Å²) >= 11 is 0. The minimum absolute atomic E-state index is 0.0487. The molecule has 1 aromatic heterocycles. The highest BCUT2D eigenvalue weighted by molar-refractivity contribution is 6.11. The fourth-order valence-electron chi connectivity index (χ4n) is 2.22. The molecule has 0 aliphatic carbocycles. The van der Waals surface area contributed by atoms with Crippen molar-refractivity contribution in [3.8, 4) is 11.5 Å². The zero-order chi connectivity index (χ0) is 17.1. The number of aromatic nitrogens is 1. The van der Waals surface area contributed by atoms with Gasteiger partial charge in [0.05, 0.1) is 18.8 Å². The van der Waals surface area contributed by atoms with E-state index in [1.165, 1.54) is 6.07 Å². The molecule has 122 valence electrons. The van der Waals surface area contributed by atoms with Gasteiger partial charge in [-0.05, 0) is 19.9 Å². The molecule has 2 aromatic rings. The van der Waals surface area contributed by atoms with Crippen molar-refractivity contribution in [2.45, 2.75) is 13.8 Å². The average Bonchev–Trinajstić information content (AvgIpc) is 2.50. The summed E-state index contributed by atoms with van der Waals surface area (Å²) in [5, 5.41) is 18.6. The van der Waals surface area contributed by atoms with Gasteiger partial charge in [0.15, 0.2) is 11.5 Å². The smallest absolute Gasteiger partial charge is 0.354 e. The first-order valence-electron chi connectivity index (χ1n) is 6.90. The summed E-state index contributed by atoms with van der Waals surface area (Å²) in [5.41, 5.74) is 5.43. The number of fused-ring (bicyclic) bond motifs is 1. The minimum atomic E-state index is -1.35. The van der Waals surface area contributed by atoms with Gasteiger partial charge < -0.3 is 25.4 Å². The number of ether oxygens (including phenoxy) is 2. The number of pyridine rings is 1. The van der Waals surface area contributed by atoms with E-state index in [1.54, 1.807) is 13.8 Å². The number of carboxylic acid groups (broad SMARTS) is 2. The Kier molecular flexibility index (Phi) is 4.54. The van der Waals surface area contributed by atoms with E-state index < -0.39 is 17.6 Å². The molecule has 0 saturated carbocycles. The fourth-order valence-corrected chi connectivity index (χ4v) is 2.22. The third-order valence-electron chi connectivity index (χ3n) is 3.07. The molecular weight excluding hydrogens is 304 g/mol. The Morgan fingerprint density at radius 2 is 1.78 bits per heavy atom. The number of aromatic carboxylic acids is 2. The fraction of sp³-hybridized carbons (Fsp3) is 0.267. The van der Waals surface area contributed by atoms with E-state index in [-0.39, 0.29) is 40.3 Å². The van der Waals surface area contributed by atoms with Gasteiger partial charge in [-0.25, -0.2) is 14.6 Å². The molecule has 1 aromatic carbocycles. The van der Waals surface area contributed by atoms with Gasteiger partial charge in [-0.1, -0.05) is 0 Å². The lowest BCUT2D eigenvalue weighted by molar-refractivity contribution is 0.0691. The van der Waals surface area contributed by atoms with Crippen LogP contribution in [0.15, 0.2) is 12.1 Å². The highest BCUT2D eigenvalue weighted by Crippen LogP contribution is 2.40. The van der Waals surface area contributed by atoms with Crippen LogP contribution in [0.1, 0.15) is 34.7 Å². The van der Waals surface area contributed by atoms with Crippen molar-refractivity contribution in [2.24, 2.45) is 0 Å². The molecular formula is C15H16N2O6. The number of benzene rings is 1. The zero-order valence-electron chi connectivity index (χ0n) is 12.6. The van der Waals surface area contributed by atoms with Crippen LogP contribution in [0.3, 0.4) is 0 Å². The molecule has 2 rings (SSSR count). The third-order valence-corrected chi connectivity index (χ3v) is 3.07. The predicted octanol–water partition coefficient (Wildman–Crippen LogP) is 2.01. The van der Waals surface area contributed by atoms with Crippen LogP contribution in [0.4, 0.5) is 5.69 Å². The lowest BCUT2D eigenvalue weighted by Crippen LogP contribution is -2.10. The van der Waals surface area contributed by atoms with Crippen molar-refractivity contribution in [1.29, 1.82) is 0 Å². The van der Waals surface area contributed by atoms with Crippen LogP contribution < -0.4 is 15.2 Å². The second-order valence-electron chi connectivity index (χ2n) is 4.55. The molecule has 1 heterocycles. The van der Waals surface area contributed by atoms with E-state index in [1.807, 2.05) is 0 Å². The number of hydrogen-bond acceptors (Lipinski definition) is 6. The van der Waals surface area contributed by atoms with Gasteiger partial charge in [0.1, 0.15) is 11.2 Å². The lowest BCUT2D eigenvalue weighted by atomic mass is 10.0. The van der Waals surface area contributed by atoms with E-state index in [0.29, 0.717) is 6.61 Å². The van der Waals surface area contributed by atoms with E-state index >= 15 is 0 Å². The topological polar surface area (TPSA) is 132 Å². The maximum absolute atomic E-state index is 11.5. The monoisotopic (exact) mass is 320 g/mol. The van der Waals surface area contributed by atoms with E-state index in [9.17, 15) is 14.7 Å². The van der Waals surface area contributed by atoms with Crippen LogP contribution in [0, 0.1) is 0 Å². The molecule has 8 nitrogen and oxygen atoms in total. The molecule has 0 spiro atoms. The summed E-state index contributed by atoms with van der Waals surface area (Å²) in [7, 11) is 0. The van der Waals surface area contributed by atoms with Gasteiger partial charge in [0, 0.05) is 17.1 Å². The first-order valence-corrected chi connectivity index (χ1v) is 6.90. The largest absolute Gasteiger partial charge is 0.490 e. The molecule has 23 heavy (non-hydrogen) atoms. The summed E-state index contributed by atoms with van der Waals surface area (Å²) in [6.07, 6.45) is 0. The Morgan fingerprint density at radius 1 is 1.13 bits per heavy atom. The van der Waals surface area contributed by atoms with Crippen LogP contribution in [-0.2, 0) is 0 Å². The average molecular weight is 320 g/mol. The van der Waals surface area contributed by atoms with Crippen LogP contribution in [0.5, 0.6) is 11.5 Å². The summed E-state index contributed by atoms with van der Waals surface area (Å²) in [5.74, 6) is -2.20. The molecule has 8 heteroatoms. The van der Waals surface area contributed by atoms with E-state index in [4.69, 9.17) is 20.3 Å². The Bertz CT molecular complexity index is 787. The Morgan fingerprint density at radius 3 is 2.30 bits per heavy atom. The molecule has 0 unspecified atom stereocenters. The predicted molar refractivity (Wildman–Crippen MR) is 82.4 cm³/mol. The summed E-state index contributed by atoms with van der Waals surface area (Å²) in [4.78, 5) is 26.7. The van der Waals surface area contributed by atoms with Gasteiger partial charge in [0.25, 0.3) is 0 Å². The van der Waals surface area contributed by atoms with Crippen LogP contribution >= 0.6 is 0 Å². The van der Waals surface area contributed by atoms with Gasteiger partial charge in [-0.15, -0.1) is 0 Å². The number of hydrogen-bond donors (Lipinski definition) is 3. The van der Waals surface area contributed by atoms with Crippen molar-refractivity contribution >= 4 is 28.5 Å².